The molecule has 3 aliphatic heterocycles. The maximum atomic E-state index is 13.3. The van der Waals surface area contributed by atoms with Crippen LogP contribution in [0, 0.1) is 17.2 Å². The third-order valence-electron chi connectivity index (χ3n) is 12.6. The van der Waals surface area contributed by atoms with Crippen molar-refractivity contribution in [3.8, 4) is 17.6 Å². The molecule has 314 valence electrons. The van der Waals surface area contributed by atoms with Gasteiger partial charge in [0.2, 0.25) is 11.8 Å². The predicted octanol–water partition coefficient (Wildman–Crippen LogP) is 5.06. The van der Waals surface area contributed by atoms with Gasteiger partial charge in [-0.05, 0) is 95.0 Å². The van der Waals surface area contributed by atoms with E-state index in [0.717, 1.165) is 81.7 Å². The highest BCUT2D eigenvalue weighted by molar-refractivity contribution is 6.31. The van der Waals surface area contributed by atoms with E-state index in [1.54, 1.807) is 48.8 Å². The fourth-order valence-electron chi connectivity index (χ4n) is 9.08. The lowest BCUT2D eigenvalue weighted by molar-refractivity contribution is -0.136. The fourth-order valence-corrected chi connectivity index (χ4v) is 9.30. The third-order valence-corrected chi connectivity index (χ3v) is 12.9. The van der Waals surface area contributed by atoms with E-state index in [2.05, 4.69) is 50.3 Å². The Morgan fingerprint density at radius 2 is 1.62 bits per heavy atom. The second-order valence-electron chi connectivity index (χ2n) is 16.8. The molecule has 16 heteroatoms. The van der Waals surface area contributed by atoms with E-state index in [0.29, 0.717) is 45.8 Å². The topological polar surface area (TPSA) is 187 Å². The number of piperidine rings is 2. The van der Waals surface area contributed by atoms with Crippen LogP contribution >= 0.6 is 11.6 Å². The number of hydrogen-bond acceptors (Lipinski definition) is 12. The van der Waals surface area contributed by atoms with Gasteiger partial charge >= 0.3 is 0 Å². The summed E-state index contributed by atoms with van der Waals surface area (Å²) < 4.78 is 12.4. The Balaban J connectivity index is 0.761. The number of nitrogens with zero attached hydrogens (tertiary/aromatic N) is 6. The highest BCUT2D eigenvalue weighted by atomic mass is 35.5. The molecule has 5 aliphatic rings. The lowest BCUT2D eigenvalue weighted by Gasteiger charge is -2.46. The predicted molar refractivity (Wildman–Crippen MR) is 220 cm³/mol. The van der Waals surface area contributed by atoms with E-state index in [4.69, 9.17) is 26.3 Å². The van der Waals surface area contributed by atoms with Gasteiger partial charge in [-0.15, -0.1) is 0 Å². The van der Waals surface area contributed by atoms with Crippen LogP contribution in [0.2, 0.25) is 5.02 Å². The van der Waals surface area contributed by atoms with Crippen molar-refractivity contribution in [2.75, 3.05) is 24.5 Å². The number of hydrogen-bond donors (Lipinski definition) is 2. The number of benzene rings is 2. The number of rotatable bonds is 12. The molecule has 1 aromatic heterocycles. The monoisotopic (exact) mass is 836 g/mol. The van der Waals surface area contributed by atoms with E-state index in [1.165, 1.54) is 0 Å². The molecule has 4 heterocycles. The number of ether oxygens (including phenoxy) is 2. The highest BCUT2D eigenvalue weighted by Crippen LogP contribution is 2.36. The molecule has 2 saturated carbocycles. The molecule has 2 aromatic carbocycles. The van der Waals surface area contributed by atoms with Gasteiger partial charge in [-0.1, -0.05) is 11.6 Å². The number of carbonyl (C=O) groups is 5. The van der Waals surface area contributed by atoms with Gasteiger partial charge in [0.1, 0.15) is 41.2 Å². The maximum Gasteiger partial charge on any atom is 0.271 e. The van der Waals surface area contributed by atoms with Crippen LogP contribution < -0.4 is 25.0 Å². The molecule has 2 saturated heterocycles. The van der Waals surface area contributed by atoms with Crippen LogP contribution in [-0.4, -0.2) is 105 Å². The van der Waals surface area contributed by atoms with Gasteiger partial charge in [0, 0.05) is 63.1 Å². The van der Waals surface area contributed by atoms with Gasteiger partial charge in [0.25, 0.3) is 17.7 Å². The van der Waals surface area contributed by atoms with Crippen molar-refractivity contribution < 1.29 is 33.4 Å². The van der Waals surface area contributed by atoms with Crippen LogP contribution in [0.25, 0.3) is 0 Å². The minimum atomic E-state index is -1.00. The van der Waals surface area contributed by atoms with E-state index in [-0.39, 0.29) is 48.1 Å². The molecule has 0 spiro atoms. The van der Waals surface area contributed by atoms with Crippen LogP contribution in [0.15, 0.2) is 48.8 Å². The average Bonchev–Trinajstić information content (AvgIpc) is 3.47. The van der Waals surface area contributed by atoms with Gasteiger partial charge in [0.05, 0.1) is 40.2 Å². The smallest absolute Gasteiger partial charge is 0.271 e. The second kappa shape index (κ2) is 17.6. The van der Waals surface area contributed by atoms with Gasteiger partial charge in [-0.2, -0.15) is 5.26 Å². The summed E-state index contributed by atoms with van der Waals surface area (Å²) in [4.78, 5) is 78.3. The Bertz CT molecular complexity index is 2190. The SMILES string of the molecule is CC(C)N(CC1CCN(c2cnc(C(=O)NC3CCC(Oc4ccc(C#N)c(Cl)c4)CC3)cn2)CC1)C1CC(Oc2ccc3c(c2)C(=O)N(C2CCC(=O)NC2=O)C3=O)C1. The summed E-state index contributed by atoms with van der Waals surface area (Å²) >= 11 is 6.15. The molecule has 0 bridgehead atoms. The van der Waals surface area contributed by atoms with Gasteiger partial charge < -0.3 is 19.7 Å². The molecule has 8 rings (SSSR count). The number of nitriles is 1. The van der Waals surface area contributed by atoms with Crippen molar-refractivity contribution in [3.63, 3.8) is 0 Å². The van der Waals surface area contributed by atoms with Crippen LogP contribution in [0.3, 0.4) is 0 Å². The number of anilines is 1. The number of carbonyl (C=O) groups excluding carboxylic acids is 5. The van der Waals surface area contributed by atoms with Crippen molar-refractivity contribution in [2.24, 2.45) is 5.92 Å². The standard InChI is InChI=1S/C44H49ClN8O7/c1-25(2)52(29-17-33(18-29)60-31-9-10-34-35(19-31)44(58)53(43(34)57)38-11-12-40(54)50-42(38)56)24-26-13-15-51(16-14-26)39-23-47-37(22-48-39)41(55)49-28-4-7-30(8-5-28)59-32-6-3-27(21-46)36(45)20-32/h3,6,9-10,19-20,22-23,25-26,28-30,33,38H,4-5,7-8,11-18,24H2,1-2H3,(H,49,55)(H,50,54,56). The summed E-state index contributed by atoms with van der Waals surface area (Å²) in [7, 11) is 0. The molecule has 15 nitrogen and oxygen atoms in total. The molecule has 5 amide bonds. The lowest BCUT2D eigenvalue weighted by Crippen LogP contribution is -2.54. The van der Waals surface area contributed by atoms with Crippen LogP contribution in [0.1, 0.15) is 115 Å². The minimum Gasteiger partial charge on any atom is -0.490 e. The number of amides is 5. The Hall–Kier alpha value is -5.59. The molecular weight excluding hydrogens is 788 g/mol. The van der Waals surface area contributed by atoms with Gasteiger partial charge in [0.15, 0.2) is 0 Å². The molecule has 4 fully saturated rings. The van der Waals surface area contributed by atoms with E-state index >= 15 is 0 Å². The van der Waals surface area contributed by atoms with Crippen molar-refractivity contribution in [3.05, 3.63) is 76.2 Å². The van der Waals surface area contributed by atoms with Crippen LogP contribution in [-0.2, 0) is 9.59 Å². The first-order chi connectivity index (χ1) is 28.9. The molecule has 0 radical (unpaired) electrons. The first kappa shape index (κ1) is 41.2. The van der Waals surface area contributed by atoms with Crippen molar-refractivity contribution in [2.45, 2.75) is 114 Å². The van der Waals surface area contributed by atoms with Crippen LogP contribution in [0.5, 0.6) is 11.5 Å². The summed E-state index contributed by atoms with van der Waals surface area (Å²) in [6.45, 7) is 7.14. The first-order valence-electron chi connectivity index (χ1n) is 21.0. The highest BCUT2D eigenvalue weighted by Gasteiger charge is 2.45. The minimum absolute atomic E-state index is 0.0152. The number of aromatic nitrogens is 2. The number of nitrogens with one attached hydrogen (secondary N) is 2. The maximum absolute atomic E-state index is 13.3. The molecule has 1 atom stereocenters. The largest absolute Gasteiger partial charge is 0.490 e. The number of halogens is 1. The van der Waals surface area contributed by atoms with Crippen molar-refractivity contribution >= 4 is 47.0 Å². The summed E-state index contributed by atoms with van der Waals surface area (Å²) in [5.74, 6) is 0.100. The molecular formula is C44H49ClN8O7. The van der Waals surface area contributed by atoms with Gasteiger partial charge in [-0.25, -0.2) is 9.97 Å². The summed E-state index contributed by atoms with van der Waals surface area (Å²) in [5.41, 5.74) is 1.16. The third kappa shape index (κ3) is 8.81. The van der Waals surface area contributed by atoms with Gasteiger partial charge in [-0.3, -0.25) is 39.1 Å². The second-order valence-corrected chi connectivity index (χ2v) is 17.2. The zero-order chi connectivity index (χ0) is 42.1. The Morgan fingerprint density at radius 1 is 0.917 bits per heavy atom. The summed E-state index contributed by atoms with van der Waals surface area (Å²) in [6.07, 6.45) is 10.3. The molecule has 60 heavy (non-hydrogen) atoms. The summed E-state index contributed by atoms with van der Waals surface area (Å²) in [5, 5.41) is 14.8. The van der Waals surface area contributed by atoms with Crippen molar-refractivity contribution in [1.29, 1.82) is 5.26 Å². The van der Waals surface area contributed by atoms with E-state index in [1.807, 2.05) is 0 Å². The van der Waals surface area contributed by atoms with Crippen LogP contribution in [0.4, 0.5) is 5.82 Å². The molecule has 1 unspecified atom stereocenters. The fraction of sp³-hybridized carbons (Fsp3) is 0.500. The Morgan fingerprint density at radius 3 is 2.28 bits per heavy atom. The normalized spacial score (nSPS) is 24.5. The van der Waals surface area contributed by atoms with Crippen molar-refractivity contribution in [1.82, 2.24) is 30.4 Å². The first-order valence-corrected chi connectivity index (χ1v) is 21.3. The zero-order valence-corrected chi connectivity index (χ0v) is 34.5. The molecule has 3 aromatic rings. The average molecular weight is 837 g/mol. The lowest BCUT2D eigenvalue weighted by atomic mass is 9.85. The number of fused-ring (bicyclic) bond motifs is 1. The Labute approximate surface area is 353 Å². The zero-order valence-electron chi connectivity index (χ0n) is 33.8. The van der Waals surface area contributed by atoms with E-state index in [9.17, 15) is 24.0 Å². The summed E-state index contributed by atoms with van der Waals surface area (Å²) in [6, 6.07) is 11.8. The van der Waals surface area contributed by atoms with E-state index < -0.39 is 29.7 Å². The molecule has 2 aliphatic carbocycles. The number of imide groups is 2. The Kier molecular flexibility index (Phi) is 12.0. The quantitative estimate of drug-likeness (QED) is 0.232. The molecule has 2 N–H and O–H groups in total.